The molecule has 0 amide bonds. The van der Waals surface area contributed by atoms with Gasteiger partial charge in [-0.2, -0.15) is 0 Å². The average Bonchev–Trinajstić information content (AvgIpc) is 3.08. The number of aliphatic hydroxyl groups is 1. The highest BCUT2D eigenvalue weighted by Gasteiger charge is 2.23. The van der Waals surface area contributed by atoms with E-state index >= 15 is 0 Å². The fraction of sp³-hybridized carbons (Fsp3) is 0.297. The number of halogens is 1. The molecule has 8 heteroatoms. The second kappa shape index (κ2) is 19.8. The molecule has 238 valence electrons. The quantitative estimate of drug-likeness (QED) is 0.169. The Hall–Kier alpha value is -4.37. The Labute approximate surface area is 265 Å². The van der Waals surface area contributed by atoms with E-state index in [1.54, 1.807) is 0 Å². The van der Waals surface area contributed by atoms with Crippen LogP contribution in [-0.4, -0.2) is 66.4 Å². The Bertz CT molecular complexity index is 1290. The average molecular weight is 615 g/mol. The van der Waals surface area contributed by atoms with Crippen molar-refractivity contribution >= 4 is 11.9 Å². The summed E-state index contributed by atoms with van der Waals surface area (Å²) < 4.78 is 23.2. The highest BCUT2D eigenvalue weighted by atomic mass is 19.1. The molecule has 4 aromatic rings. The molecule has 4 rings (SSSR count). The molecule has 0 bridgehead atoms. The minimum Gasteiger partial charge on any atom is -0.469 e. The third-order valence-corrected chi connectivity index (χ3v) is 7.19. The molecular weight excluding hydrogens is 571 g/mol. The highest BCUT2D eigenvalue weighted by Crippen LogP contribution is 2.16. The van der Waals surface area contributed by atoms with Crippen LogP contribution in [0.3, 0.4) is 0 Å². The predicted molar refractivity (Wildman–Crippen MR) is 174 cm³/mol. The summed E-state index contributed by atoms with van der Waals surface area (Å²) in [6, 6.07) is 39.5. The van der Waals surface area contributed by atoms with Crippen LogP contribution in [0.2, 0.25) is 0 Å². The summed E-state index contributed by atoms with van der Waals surface area (Å²) >= 11 is 0. The van der Waals surface area contributed by atoms with Crippen LogP contribution in [-0.2, 0) is 45.2 Å². The van der Waals surface area contributed by atoms with Crippen molar-refractivity contribution in [2.24, 2.45) is 0 Å². The molecule has 4 aromatic carbocycles. The lowest BCUT2D eigenvalue weighted by molar-refractivity contribution is -0.147. The topological polar surface area (TPSA) is 79.3 Å². The Balaban J connectivity index is 0.000000246. The van der Waals surface area contributed by atoms with Gasteiger partial charge in [-0.05, 0) is 22.3 Å². The number of alkyl halides is 1. The van der Waals surface area contributed by atoms with Crippen LogP contribution in [0.25, 0.3) is 0 Å². The number of carbonyl (C=O) groups is 2. The van der Waals surface area contributed by atoms with E-state index in [2.05, 4.69) is 9.64 Å². The van der Waals surface area contributed by atoms with Gasteiger partial charge in [-0.15, -0.1) is 0 Å². The number of hydrogen-bond donors (Lipinski definition) is 1. The van der Waals surface area contributed by atoms with Crippen molar-refractivity contribution in [2.75, 3.05) is 27.4 Å². The number of carbonyl (C=O) groups excluding carboxylic acids is 2. The van der Waals surface area contributed by atoms with E-state index in [0.29, 0.717) is 26.2 Å². The van der Waals surface area contributed by atoms with Crippen LogP contribution in [0.4, 0.5) is 4.39 Å². The Morgan fingerprint density at radius 2 is 1.02 bits per heavy atom. The summed E-state index contributed by atoms with van der Waals surface area (Å²) in [6.07, 6.45) is -1.47. The first kappa shape index (κ1) is 35.1. The van der Waals surface area contributed by atoms with Crippen LogP contribution in [0.5, 0.6) is 0 Å². The van der Waals surface area contributed by atoms with Crippen molar-refractivity contribution in [1.29, 1.82) is 0 Å². The van der Waals surface area contributed by atoms with E-state index in [1.165, 1.54) is 14.2 Å². The van der Waals surface area contributed by atoms with Crippen molar-refractivity contribution in [3.8, 4) is 0 Å². The Morgan fingerprint density at radius 3 is 1.36 bits per heavy atom. The van der Waals surface area contributed by atoms with Gasteiger partial charge in [-0.25, -0.2) is 9.18 Å². The zero-order chi connectivity index (χ0) is 32.3. The van der Waals surface area contributed by atoms with Gasteiger partial charge < -0.3 is 14.6 Å². The normalized spacial score (nSPS) is 12.1. The maximum atomic E-state index is 13.9. The second-order valence-corrected chi connectivity index (χ2v) is 10.6. The summed E-state index contributed by atoms with van der Waals surface area (Å²) in [5, 5.41) is 9.75. The maximum Gasteiger partial charge on any atom is 0.341 e. The standard InChI is InChI=1S/C19H23NO3.C18H20FNO2/c1-23-19(22)12-18(15-21)20(13-16-8-4-2-5-9-16)14-17-10-6-3-7-11-17;1-22-18(21)17(19)14-20(12-15-8-4-2-5-9-15)13-16-10-6-3-7-11-16/h2-11,18,21H,12-15H2,1H3;2-11,17H,12-14H2,1H3. The first-order chi connectivity index (χ1) is 21.9. The van der Waals surface area contributed by atoms with Gasteiger partial charge in [-0.3, -0.25) is 14.6 Å². The maximum absolute atomic E-state index is 13.9. The molecule has 0 saturated heterocycles. The minimum atomic E-state index is -1.64. The van der Waals surface area contributed by atoms with Gasteiger partial charge in [0.25, 0.3) is 0 Å². The molecule has 0 aromatic heterocycles. The third-order valence-electron chi connectivity index (χ3n) is 7.19. The summed E-state index contributed by atoms with van der Waals surface area (Å²) in [5.41, 5.74) is 4.45. The van der Waals surface area contributed by atoms with E-state index in [1.807, 2.05) is 126 Å². The van der Waals surface area contributed by atoms with Gasteiger partial charge in [0.1, 0.15) is 0 Å². The van der Waals surface area contributed by atoms with Crippen LogP contribution in [0.1, 0.15) is 28.7 Å². The molecule has 45 heavy (non-hydrogen) atoms. The molecular formula is C37H43FN2O5. The fourth-order valence-corrected chi connectivity index (χ4v) is 4.83. The summed E-state index contributed by atoms with van der Waals surface area (Å²) in [7, 11) is 2.57. The molecule has 0 aliphatic rings. The largest absolute Gasteiger partial charge is 0.469 e. The lowest BCUT2D eigenvalue weighted by Gasteiger charge is -2.30. The lowest BCUT2D eigenvalue weighted by Crippen LogP contribution is -2.39. The predicted octanol–water partition coefficient (Wildman–Crippen LogP) is 5.81. The summed E-state index contributed by atoms with van der Waals surface area (Å²) in [6.45, 7) is 2.40. The van der Waals surface area contributed by atoms with Gasteiger partial charge >= 0.3 is 11.9 Å². The molecule has 0 fully saturated rings. The first-order valence-electron chi connectivity index (χ1n) is 14.9. The molecule has 0 spiro atoms. The number of esters is 2. The Kier molecular flexibility index (Phi) is 15.5. The highest BCUT2D eigenvalue weighted by molar-refractivity contribution is 5.74. The number of rotatable bonds is 15. The minimum absolute atomic E-state index is 0.0104. The zero-order valence-corrected chi connectivity index (χ0v) is 26.0. The Morgan fingerprint density at radius 1 is 0.644 bits per heavy atom. The molecule has 1 N–H and O–H groups in total. The van der Waals surface area contributed by atoms with Gasteiger partial charge in [0, 0.05) is 38.8 Å². The summed E-state index contributed by atoms with van der Waals surface area (Å²) in [5.74, 6) is -1.14. The van der Waals surface area contributed by atoms with Crippen LogP contribution < -0.4 is 0 Å². The van der Waals surface area contributed by atoms with E-state index in [0.717, 1.165) is 22.3 Å². The zero-order valence-electron chi connectivity index (χ0n) is 26.0. The van der Waals surface area contributed by atoms with Gasteiger partial charge in [0.05, 0.1) is 27.2 Å². The number of methoxy groups -OCH3 is 2. The molecule has 0 aliphatic carbocycles. The monoisotopic (exact) mass is 614 g/mol. The smallest absolute Gasteiger partial charge is 0.341 e. The van der Waals surface area contributed by atoms with E-state index in [9.17, 15) is 19.1 Å². The first-order valence-corrected chi connectivity index (χ1v) is 14.9. The molecule has 2 atom stereocenters. The van der Waals surface area contributed by atoms with Crippen LogP contribution in [0, 0.1) is 0 Å². The van der Waals surface area contributed by atoms with Gasteiger partial charge in [0.15, 0.2) is 0 Å². The van der Waals surface area contributed by atoms with Crippen molar-refractivity contribution in [3.05, 3.63) is 144 Å². The lowest BCUT2D eigenvalue weighted by atomic mass is 10.1. The molecule has 0 heterocycles. The van der Waals surface area contributed by atoms with E-state index in [-0.39, 0.29) is 31.6 Å². The molecule has 0 radical (unpaired) electrons. The van der Waals surface area contributed by atoms with Gasteiger partial charge in [0.2, 0.25) is 6.17 Å². The molecule has 2 unspecified atom stereocenters. The molecule has 0 aliphatic heterocycles. The third kappa shape index (κ3) is 13.0. The van der Waals surface area contributed by atoms with E-state index < -0.39 is 12.1 Å². The fourth-order valence-electron chi connectivity index (χ4n) is 4.83. The number of hydrogen-bond acceptors (Lipinski definition) is 7. The SMILES string of the molecule is COC(=O)C(F)CN(Cc1ccccc1)Cc1ccccc1.COC(=O)CC(CO)N(Cc1ccccc1)Cc1ccccc1. The van der Waals surface area contributed by atoms with Crippen LogP contribution >= 0.6 is 0 Å². The van der Waals surface area contributed by atoms with Crippen molar-refractivity contribution in [3.63, 3.8) is 0 Å². The number of aliphatic hydroxyl groups excluding tert-OH is 1. The molecule has 7 nitrogen and oxygen atoms in total. The number of nitrogens with zero attached hydrogens (tertiary/aromatic N) is 2. The molecule has 0 saturated carbocycles. The van der Waals surface area contributed by atoms with Crippen LogP contribution in [0.15, 0.2) is 121 Å². The number of ether oxygens (including phenoxy) is 2. The van der Waals surface area contributed by atoms with E-state index in [4.69, 9.17) is 4.74 Å². The second-order valence-electron chi connectivity index (χ2n) is 10.6. The van der Waals surface area contributed by atoms with Crippen molar-refractivity contribution in [1.82, 2.24) is 9.80 Å². The van der Waals surface area contributed by atoms with Crippen molar-refractivity contribution < 1.29 is 28.6 Å². The van der Waals surface area contributed by atoms with Crippen molar-refractivity contribution in [2.45, 2.75) is 44.8 Å². The van der Waals surface area contributed by atoms with Gasteiger partial charge in [-0.1, -0.05) is 121 Å². The summed E-state index contributed by atoms with van der Waals surface area (Å²) in [4.78, 5) is 27.0. The number of benzene rings is 4.